The van der Waals surface area contributed by atoms with Crippen molar-refractivity contribution in [3.05, 3.63) is 65.7 Å². The fourth-order valence-corrected chi connectivity index (χ4v) is 5.04. The number of hydrogen-bond acceptors (Lipinski definition) is 4. The van der Waals surface area contributed by atoms with Crippen LogP contribution in [0.1, 0.15) is 35.2 Å². The summed E-state index contributed by atoms with van der Waals surface area (Å²) >= 11 is 0. The number of nitrogens with zero attached hydrogens (tertiary/aromatic N) is 1. The molecule has 7 nitrogen and oxygen atoms in total. The second-order valence-electron chi connectivity index (χ2n) is 7.39. The molecule has 1 heterocycles. The van der Waals surface area contributed by atoms with E-state index >= 15 is 0 Å². The van der Waals surface area contributed by atoms with Crippen LogP contribution in [0.5, 0.6) is 0 Å². The Morgan fingerprint density at radius 2 is 1.63 bits per heavy atom. The van der Waals surface area contributed by atoms with Crippen molar-refractivity contribution in [2.45, 2.75) is 30.6 Å². The predicted octanol–water partition coefficient (Wildman–Crippen LogP) is 2.53. The van der Waals surface area contributed by atoms with E-state index < -0.39 is 16.0 Å². The van der Waals surface area contributed by atoms with Gasteiger partial charge in [0, 0.05) is 25.6 Å². The molecule has 0 spiro atoms. The third kappa shape index (κ3) is 5.46. The zero-order valence-electron chi connectivity index (χ0n) is 16.7. The van der Waals surface area contributed by atoms with Gasteiger partial charge < -0.3 is 10.4 Å². The van der Waals surface area contributed by atoms with Gasteiger partial charge in [0.2, 0.25) is 15.9 Å². The van der Waals surface area contributed by atoms with Gasteiger partial charge in [-0.05, 0) is 55.5 Å². The molecule has 3 rings (SSSR count). The van der Waals surface area contributed by atoms with Crippen LogP contribution in [0.2, 0.25) is 0 Å². The summed E-state index contributed by atoms with van der Waals surface area (Å²) in [5, 5.41) is 11.9. The van der Waals surface area contributed by atoms with Gasteiger partial charge in [0.25, 0.3) is 0 Å². The van der Waals surface area contributed by atoms with Gasteiger partial charge in [-0.3, -0.25) is 4.79 Å². The molecule has 30 heavy (non-hydrogen) atoms. The number of amides is 1. The monoisotopic (exact) mass is 430 g/mol. The molecule has 0 aliphatic carbocycles. The van der Waals surface area contributed by atoms with Crippen LogP contribution in [0, 0.1) is 5.92 Å². The molecule has 2 aromatic rings. The lowest BCUT2D eigenvalue weighted by atomic mass is 9.97. The van der Waals surface area contributed by atoms with Crippen LogP contribution in [0.15, 0.2) is 59.5 Å². The van der Waals surface area contributed by atoms with Gasteiger partial charge >= 0.3 is 5.97 Å². The van der Waals surface area contributed by atoms with Crippen molar-refractivity contribution >= 4 is 21.9 Å². The molecule has 1 aliphatic heterocycles. The second-order valence-corrected chi connectivity index (χ2v) is 9.33. The molecule has 8 heteroatoms. The number of piperidine rings is 1. The van der Waals surface area contributed by atoms with Crippen LogP contribution in [-0.2, 0) is 21.2 Å². The normalized spacial score (nSPS) is 15.6. The maximum Gasteiger partial charge on any atom is 0.335 e. The molecular weight excluding hydrogens is 404 g/mol. The SMILES string of the molecule is O=C(O)c1ccc(S(=O)(=O)N2CCC(C(=O)NCCCc3ccccc3)CC2)cc1. The fraction of sp³-hybridized carbons (Fsp3) is 0.364. The van der Waals surface area contributed by atoms with Crippen LogP contribution in [0.4, 0.5) is 0 Å². The number of carboxylic acid groups (broad SMARTS) is 1. The highest BCUT2D eigenvalue weighted by Crippen LogP contribution is 2.24. The Balaban J connectivity index is 1.46. The lowest BCUT2D eigenvalue weighted by Gasteiger charge is -2.30. The van der Waals surface area contributed by atoms with Crippen molar-refractivity contribution in [1.29, 1.82) is 0 Å². The summed E-state index contributed by atoms with van der Waals surface area (Å²) in [6.45, 7) is 1.14. The minimum Gasteiger partial charge on any atom is -0.478 e. The van der Waals surface area contributed by atoms with Crippen molar-refractivity contribution < 1.29 is 23.1 Å². The first-order chi connectivity index (χ1) is 14.4. The molecule has 2 N–H and O–H groups in total. The highest BCUT2D eigenvalue weighted by Gasteiger charge is 2.32. The lowest BCUT2D eigenvalue weighted by molar-refractivity contribution is -0.126. The summed E-state index contributed by atoms with van der Waals surface area (Å²) in [6.07, 6.45) is 2.70. The van der Waals surface area contributed by atoms with Crippen LogP contribution in [-0.4, -0.2) is 49.3 Å². The highest BCUT2D eigenvalue weighted by molar-refractivity contribution is 7.89. The molecule has 1 fully saturated rings. The van der Waals surface area contributed by atoms with Crippen LogP contribution >= 0.6 is 0 Å². The third-order valence-corrected chi connectivity index (χ3v) is 7.26. The van der Waals surface area contributed by atoms with Crippen molar-refractivity contribution in [3.63, 3.8) is 0 Å². The minimum atomic E-state index is -3.70. The summed E-state index contributed by atoms with van der Waals surface area (Å²) < 4.78 is 26.9. The number of hydrogen-bond donors (Lipinski definition) is 2. The Bertz CT molecular complexity index is 966. The maximum absolute atomic E-state index is 12.8. The zero-order valence-corrected chi connectivity index (χ0v) is 17.5. The van der Waals surface area contributed by atoms with E-state index in [9.17, 15) is 18.0 Å². The van der Waals surface area contributed by atoms with Crippen molar-refractivity contribution in [2.24, 2.45) is 5.92 Å². The van der Waals surface area contributed by atoms with E-state index in [4.69, 9.17) is 5.11 Å². The molecule has 1 amide bonds. The average Bonchev–Trinajstić information content (AvgIpc) is 2.77. The number of carboxylic acids is 1. The van der Waals surface area contributed by atoms with Crippen LogP contribution < -0.4 is 5.32 Å². The van der Waals surface area contributed by atoms with E-state index in [-0.39, 0.29) is 35.4 Å². The third-order valence-electron chi connectivity index (χ3n) is 5.35. The smallest absolute Gasteiger partial charge is 0.335 e. The van der Waals surface area contributed by atoms with Gasteiger partial charge in [0.05, 0.1) is 10.5 Å². The van der Waals surface area contributed by atoms with Gasteiger partial charge in [-0.1, -0.05) is 30.3 Å². The molecule has 2 aromatic carbocycles. The van der Waals surface area contributed by atoms with Gasteiger partial charge in [0.15, 0.2) is 0 Å². The molecule has 0 bridgehead atoms. The van der Waals surface area contributed by atoms with Crippen molar-refractivity contribution in [1.82, 2.24) is 9.62 Å². The summed E-state index contributed by atoms with van der Waals surface area (Å²) in [7, 11) is -3.70. The number of rotatable bonds is 8. The van der Waals surface area contributed by atoms with E-state index in [1.807, 2.05) is 18.2 Å². The summed E-state index contributed by atoms with van der Waals surface area (Å²) in [6, 6.07) is 15.3. The number of benzene rings is 2. The minimum absolute atomic E-state index is 0.0223. The van der Waals surface area contributed by atoms with Crippen LogP contribution in [0.3, 0.4) is 0 Å². The Kier molecular flexibility index (Phi) is 7.23. The predicted molar refractivity (Wildman–Crippen MR) is 113 cm³/mol. The van der Waals surface area contributed by atoms with Gasteiger partial charge in [-0.2, -0.15) is 4.31 Å². The van der Waals surface area contributed by atoms with Crippen LogP contribution in [0.25, 0.3) is 0 Å². The second kappa shape index (κ2) is 9.86. The summed E-state index contributed by atoms with van der Waals surface area (Å²) in [5.41, 5.74) is 1.28. The Morgan fingerprint density at radius 1 is 1.00 bits per heavy atom. The Hall–Kier alpha value is -2.71. The molecule has 160 valence electrons. The lowest BCUT2D eigenvalue weighted by Crippen LogP contribution is -2.43. The topological polar surface area (TPSA) is 104 Å². The molecule has 0 atom stereocenters. The fourth-order valence-electron chi connectivity index (χ4n) is 3.57. The van der Waals surface area contributed by atoms with E-state index in [1.165, 1.54) is 34.1 Å². The standard InChI is InChI=1S/C22H26N2O5S/c25-21(23-14-4-7-17-5-2-1-3-6-17)18-12-15-24(16-13-18)30(28,29)20-10-8-19(9-11-20)22(26)27/h1-3,5-6,8-11,18H,4,7,12-16H2,(H,23,25)(H,26,27). The Labute approximate surface area is 176 Å². The van der Waals surface area contributed by atoms with E-state index in [1.54, 1.807) is 0 Å². The molecular formula is C22H26N2O5S. The summed E-state index contributed by atoms with van der Waals surface area (Å²) in [5.74, 6) is -1.32. The first-order valence-corrected chi connectivity index (χ1v) is 11.5. The molecule has 0 aromatic heterocycles. The van der Waals surface area contributed by atoms with Gasteiger partial charge in [-0.25, -0.2) is 13.2 Å². The number of carbonyl (C=O) groups is 2. The number of aromatic carboxylic acids is 1. The molecule has 0 unspecified atom stereocenters. The maximum atomic E-state index is 12.8. The molecule has 0 radical (unpaired) electrons. The Morgan fingerprint density at radius 3 is 2.23 bits per heavy atom. The quantitative estimate of drug-likeness (QED) is 0.627. The first kappa shape index (κ1) is 22.0. The van der Waals surface area contributed by atoms with E-state index in [0.717, 1.165) is 12.8 Å². The van der Waals surface area contributed by atoms with Crippen molar-refractivity contribution in [2.75, 3.05) is 19.6 Å². The number of sulfonamides is 1. The van der Waals surface area contributed by atoms with Gasteiger partial charge in [0.1, 0.15) is 0 Å². The number of carbonyl (C=O) groups excluding carboxylic acids is 1. The molecule has 1 saturated heterocycles. The van der Waals surface area contributed by atoms with E-state index in [2.05, 4.69) is 17.4 Å². The average molecular weight is 431 g/mol. The summed E-state index contributed by atoms with van der Waals surface area (Å²) in [4.78, 5) is 23.4. The largest absolute Gasteiger partial charge is 0.478 e. The zero-order chi connectivity index (χ0) is 21.6. The number of nitrogens with one attached hydrogen (secondary N) is 1. The van der Waals surface area contributed by atoms with Gasteiger partial charge in [-0.15, -0.1) is 0 Å². The van der Waals surface area contributed by atoms with E-state index in [0.29, 0.717) is 19.4 Å². The first-order valence-electron chi connectivity index (χ1n) is 10.0. The highest BCUT2D eigenvalue weighted by atomic mass is 32.2. The number of aryl methyl sites for hydroxylation is 1. The molecule has 0 saturated carbocycles. The molecule has 1 aliphatic rings. The van der Waals surface area contributed by atoms with Crippen molar-refractivity contribution in [3.8, 4) is 0 Å².